The molecule has 1 aromatic heterocycles. The van der Waals surface area contributed by atoms with Gasteiger partial charge in [-0.15, -0.1) is 0 Å². The van der Waals surface area contributed by atoms with Gasteiger partial charge in [-0.3, -0.25) is 4.79 Å². The number of carbonyl (C=O) groups excluding carboxylic acids is 1. The van der Waals surface area contributed by atoms with Gasteiger partial charge < -0.3 is 9.80 Å². The molecule has 7 nitrogen and oxygen atoms in total. The molecule has 1 saturated heterocycles. The number of aromatic nitrogens is 1. The van der Waals surface area contributed by atoms with Crippen LogP contribution in [0.5, 0.6) is 0 Å². The van der Waals surface area contributed by atoms with Crippen molar-refractivity contribution < 1.29 is 13.2 Å². The lowest BCUT2D eigenvalue weighted by Crippen LogP contribution is -2.49. The first-order chi connectivity index (χ1) is 13.0. The van der Waals surface area contributed by atoms with Crippen LogP contribution in [-0.2, 0) is 10.0 Å². The van der Waals surface area contributed by atoms with Gasteiger partial charge >= 0.3 is 0 Å². The van der Waals surface area contributed by atoms with Crippen molar-refractivity contribution in [3.63, 3.8) is 0 Å². The highest BCUT2D eigenvalue weighted by molar-refractivity contribution is 7.89. The third kappa shape index (κ3) is 4.64. The number of amides is 1. The summed E-state index contributed by atoms with van der Waals surface area (Å²) in [5, 5.41) is 0. The minimum Gasteiger partial charge on any atom is -0.353 e. The van der Waals surface area contributed by atoms with Crippen LogP contribution in [0.2, 0.25) is 0 Å². The molecule has 0 spiro atoms. The van der Waals surface area contributed by atoms with Crippen LogP contribution in [0.25, 0.3) is 0 Å². The summed E-state index contributed by atoms with van der Waals surface area (Å²) in [4.78, 5) is 21.2. The van der Waals surface area contributed by atoms with Gasteiger partial charge in [0.05, 0.1) is 4.90 Å². The summed E-state index contributed by atoms with van der Waals surface area (Å²) in [6, 6.07) is 11.9. The van der Waals surface area contributed by atoms with Crippen LogP contribution >= 0.6 is 0 Å². The first-order valence-electron chi connectivity index (χ1n) is 9.06. The topological polar surface area (TPSA) is 82.6 Å². The van der Waals surface area contributed by atoms with Gasteiger partial charge in [0.2, 0.25) is 10.0 Å². The molecule has 8 heteroatoms. The first-order valence-corrected chi connectivity index (χ1v) is 10.5. The maximum Gasteiger partial charge on any atom is 0.253 e. The van der Waals surface area contributed by atoms with E-state index in [4.69, 9.17) is 0 Å². The second kappa shape index (κ2) is 8.49. The maximum absolute atomic E-state index is 12.7. The molecular formula is C19H24N4O3S. The highest BCUT2D eigenvalue weighted by Crippen LogP contribution is 2.16. The van der Waals surface area contributed by atoms with E-state index in [0.29, 0.717) is 25.2 Å². The van der Waals surface area contributed by atoms with Gasteiger partial charge in [-0.1, -0.05) is 13.0 Å². The molecule has 1 aliphatic heterocycles. The Morgan fingerprint density at radius 2 is 1.78 bits per heavy atom. The molecule has 0 radical (unpaired) electrons. The van der Waals surface area contributed by atoms with Crippen LogP contribution in [0, 0.1) is 0 Å². The van der Waals surface area contributed by atoms with Gasteiger partial charge in [0, 0.05) is 44.5 Å². The van der Waals surface area contributed by atoms with Crippen molar-refractivity contribution in [3.8, 4) is 0 Å². The second-order valence-electron chi connectivity index (χ2n) is 6.39. The number of anilines is 1. The summed E-state index contributed by atoms with van der Waals surface area (Å²) in [6.45, 7) is 4.94. The highest BCUT2D eigenvalue weighted by atomic mass is 32.2. The molecule has 3 rings (SSSR count). The number of rotatable bonds is 6. The number of benzene rings is 1. The quantitative estimate of drug-likeness (QED) is 0.815. The fourth-order valence-electron chi connectivity index (χ4n) is 2.96. The summed E-state index contributed by atoms with van der Waals surface area (Å²) in [5.74, 6) is 0.833. The minimum absolute atomic E-state index is 0.0823. The molecule has 2 heterocycles. The predicted octanol–water partition coefficient (Wildman–Crippen LogP) is 1.73. The third-order valence-electron chi connectivity index (χ3n) is 4.49. The van der Waals surface area contributed by atoms with Crippen molar-refractivity contribution >= 4 is 21.7 Å². The number of hydrogen-bond acceptors (Lipinski definition) is 5. The normalized spacial score (nSPS) is 15.0. The Morgan fingerprint density at radius 3 is 2.37 bits per heavy atom. The predicted molar refractivity (Wildman–Crippen MR) is 104 cm³/mol. The standard InChI is InChI=1S/C19H24N4O3S/c1-2-10-21-27(25,26)17-8-6-16(7-9-17)19(24)23-14-12-22(13-15-23)18-5-3-4-11-20-18/h3-9,11,21H,2,10,12-15H2,1H3. The Kier molecular flexibility index (Phi) is 6.08. The third-order valence-corrected chi connectivity index (χ3v) is 5.97. The minimum atomic E-state index is -3.52. The van der Waals surface area contributed by atoms with E-state index in [-0.39, 0.29) is 10.8 Å². The molecule has 1 fully saturated rings. The Bertz CT molecular complexity index is 862. The van der Waals surface area contributed by atoms with Crippen LogP contribution in [0.4, 0.5) is 5.82 Å². The summed E-state index contributed by atoms with van der Waals surface area (Å²) in [6.07, 6.45) is 2.48. The smallest absolute Gasteiger partial charge is 0.253 e. The molecule has 0 unspecified atom stereocenters. The lowest BCUT2D eigenvalue weighted by Gasteiger charge is -2.35. The van der Waals surface area contributed by atoms with Crippen LogP contribution in [0.3, 0.4) is 0 Å². The number of carbonyl (C=O) groups is 1. The van der Waals surface area contributed by atoms with E-state index >= 15 is 0 Å². The molecule has 144 valence electrons. The van der Waals surface area contributed by atoms with E-state index in [1.165, 1.54) is 12.1 Å². The molecule has 0 aliphatic carbocycles. The largest absolute Gasteiger partial charge is 0.353 e. The van der Waals surface area contributed by atoms with Crippen LogP contribution < -0.4 is 9.62 Å². The Morgan fingerprint density at radius 1 is 1.07 bits per heavy atom. The van der Waals surface area contributed by atoms with Gasteiger partial charge in [0.15, 0.2) is 0 Å². The summed E-state index contributed by atoms with van der Waals surface area (Å²) < 4.78 is 26.8. The van der Waals surface area contributed by atoms with Crippen LogP contribution in [0.15, 0.2) is 53.6 Å². The Labute approximate surface area is 160 Å². The first kappa shape index (κ1) is 19.3. The molecule has 27 heavy (non-hydrogen) atoms. The van der Waals surface area contributed by atoms with Gasteiger partial charge in [-0.05, 0) is 42.8 Å². The monoisotopic (exact) mass is 388 g/mol. The zero-order chi connectivity index (χ0) is 19.3. The van der Waals surface area contributed by atoms with E-state index < -0.39 is 10.0 Å². The summed E-state index contributed by atoms with van der Waals surface area (Å²) >= 11 is 0. The molecule has 1 aliphatic rings. The molecule has 1 amide bonds. The Hall–Kier alpha value is -2.45. The van der Waals surface area contributed by atoms with Gasteiger partial charge in [-0.2, -0.15) is 0 Å². The highest BCUT2D eigenvalue weighted by Gasteiger charge is 2.23. The second-order valence-corrected chi connectivity index (χ2v) is 8.16. The van der Waals surface area contributed by atoms with Crippen molar-refractivity contribution in [1.29, 1.82) is 0 Å². The lowest BCUT2D eigenvalue weighted by atomic mass is 10.2. The van der Waals surface area contributed by atoms with E-state index in [2.05, 4.69) is 14.6 Å². The average molecular weight is 388 g/mol. The van der Waals surface area contributed by atoms with Crippen molar-refractivity contribution in [2.45, 2.75) is 18.2 Å². The number of nitrogens with zero attached hydrogens (tertiary/aromatic N) is 3. The lowest BCUT2D eigenvalue weighted by molar-refractivity contribution is 0.0746. The Balaban J connectivity index is 1.62. The van der Waals surface area contributed by atoms with Crippen molar-refractivity contribution in [2.75, 3.05) is 37.6 Å². The molecule has 1 aromatic carbocycles. The van der Waals surface area contributed by atoms with Crippen molar-refractivity contribution in [3.05, 3.63) is 54.2 Å². The van der Waals surface area contributed by atoms with Crippen LogP contribution in [0.1, 0.15) is 23.7 Å². The van der Waals surface area contributed by atoms with Gasteiger partial charge in [0.25, 0.3) is 5.91 Å². The van der Waals surface area contributed by atoms with Crippen molar-refractivity contribution in [1.82, 2.24) is 14.6 Å². The van der Waals surface area contributed by atoms with Gasteiger partial charge in [-0.25, -0.2) is 18.1 Å². The van der Waals surface area contributed by atoms with E-state index in [1.54, 1.807) is 23.2 Å². The maximum atomic E-state index is 12.7. The average Bonchev–Trinajstić information content (AvgIpc) is 2.72. The van der Waals surface area contributed by atoms with E-state index in [9.17, 15) is 13.2 Å². The molecule has 2 aromatic rings. The number of nitrogens with one attached hydrogen (secondary N) is 1. The van der Waals surface area contributed by atoms with E-state index in [1.807, 2.05) is 25.1 Å². The fraction of sp³-hybridized carbons (Fsp3) is 0.368. The molecule has 0 saturated carbocycles. The van der Waals surface area contributed by atoms with Gasteiger partial charge in [0.1, 0.15) is 5.82 Å². The summed E-state index contributed by atoms with van der Waals surface area (Å²) in [7, 11) is -3.52. The molecule has 1 N–H and O–H groups in total. The zero-order valence-corrected chi connectivity index (χ0v) is 16.2. The fourth-order valence-corrected chi connectivity index (χ4v) is 4.09. The molecule has 0 bridgehead atoms. The number of sulfonamides is 1. The van der Waals surface area contributed by atoms with E-state index in [0.717, 1.165) is 25.3 Å². The summed E-state index contributed by atoms with van der Waals surface area (Å²) in [5.41, 5.74) is 0.496. The van der Waals surface area contributed by atoms with Crippen LogP contribution in [-0.4, -0.2) is 56.9 Å². The van der Waals surface area contributed by atoms with Crippen molar-refractivity contribution in [2.24, 2.45) is 0 Å². The number of hydrogen-bond donors (Lipinski definition) is 1. The SMILES string of the molecule is CCCNS(=O)(=O)c1ccc(C(=O)N2CCN(c3ccccn3)CC2)cc1. The number of pyridine rings is 1. The zero-order valence-electron chi connectivity index (χ0n) is 15.3. The molecule has 0 atom stereocenters. The molecular weight excluding hydrogens is 364 g/mol. The number of piperazine rings is 1.